The lowest BCUT2D eigenvalue weighted by Crippen LogP contribution is -2.24. The van der Waals surface area contributed by atoms with Crippen molar-refractivity contribution in [3.8, 4) is 11.5 Å². The summed E-state index contributed by atoms with van der Waals surface area (Å²) >= 11 is 0. The third-order valence-corrected chi connectivity index (χ3v) is 4.49. The second-order valence-electron chi connectivity index (χ2n) is 6.48. The van der Waals surface area contributed by atoms with Gasteiger partial charge in [-0.15, -0.1) is 0 Å². The molecule has 140 valence electrons. The van der Waals surface area contributed by atoms with Gasteiger partial charge in [-0.1, -0.05) is 6.07 Å². The molecule has 0 radical (unpaired) electrons. The molecule has 0 atom stereocenters. The first kappa shape index (κ1) is 18.5. The normalized spacial score (nSPS) is 13.4. The number of aryl methyl sites for hydroxylation is 1. The average molecular weight is 367 g/mol. The number of carbonyl (C=O) groups is 2. The van der Waals surface area contributed by atoms with Crippen LogP contribution in [0.1, 0.15) is 27.9 Å². The van der Waals surface area contributed by atoms with Crippen molar-refractivity contribution >= 4 is 23.5 Å². The number of nitrogens with zero attached hydrogens (tertiary/aromatic N) is 1. The Morgan fingerprint density at radius 3 is 2.78 bits per heavy atom. The number of fused-ring (bicyclic) bond motifs is 1. The number of hydrogen-bond donors (Lipinski definition) is 2. The Balaban J connectivity index is 1.58. The van der Waals surface area contributed by atoms with Crippen LogP contribution in [-0.2, 0) is 16.0 Å². The molecule has 2 aromatic rings. The lowest BCUT2D eigenvalue weighted by Gasteiger charge is -2.27. The Morgan fingerprint density at radius 1 is 1.19 bits per heavy atom. The molecule has 1 heterocycles. The Labute approximate surface area is 157 Å². The van der Waals surface area contributed by atoms with Crippen LogP contribution >= 0.6 is 0 Å². The zero-order valence-corrected chi connectivity index (χ0v) is 15.0. The van der Waals surface area contributed by atoms with Crippen molar-refractivity contribution in [3.05, 3.63) is 59.2 Å². The zero-order valence-electron chi connectivity index (χ0n) is 15.0. The van der Waals surface area contributed by atoms with Crippen LogP contribution in [0.3, 0.4) is 0 Å². The second-order valence-corrected chi connectivity index (χ2v) is 6.48. The number of aromatic hydroxyl groups is 2. The molecular formula is C21H21NO5. The average Bonchev–Trinajstić information content (AvgIpc) is 2.64. The number of carbonyl (C=O) groups excluding carboxylic acids is 2. The molecule has 2 aromatic carbocycles. The van der Waals surface area contributed by atoms with Crippen molar-refractivity contribution in [2.45, 2.75) is 12.8 Å². The number of ether oxygens (including phenoxy) is 1. The molecule has 0 spiro atoms. The van der Waals surface area contributed by atoms with Gasteiger partial charge in [0.1, 0.15) is 11.5 Å². The Kier molecular flexibility index (Phi) is 5.45. The molecule has 1 aliphatic rings. The summed E-state index contributed by atoms with van der Waals surface area (Å²) < 4.78 is 4.94. The van der Waals surface area contributed by atoms with Gasteiger partial charge in [0.25, 0.3) is 0 Å². The summed E-state index contributed by atoms with van der Waals surface area (Å²) in [6, 6.07) is 9.64. The van der Waals surface area contributed by atoms with Crippen LogP contribution in [0.25, 0.3) is 6.08 Å². The van der Waals surface area contributed by atoms with E-state index in [-0.39, 0.29) is 17.1 Å². The topological polar surface area (TPSA) is 87.1 Å². The van der Waals surface area contributed by atoms with Crippen molar-refractivity contribution < 1.29 is 24.5 Å². The van der Waals surface area contributed by atoms with E-state index in [0.717, 1.165) is 31.0 Å². The van der Waals surface area contributed by atoms with Crippen LogP contribution in [0, 0.1) is 0 Å². The fourth-order valence-electron chi connectivity index (χ4n) is 3.09. The van der Waals surface area contributed by atoms with E-state index in [0.29, 0.717) is 0 Å². The van der Waals surface area contributed by atoms with Gasteiger partial charge in [0, 0.05) is 31.4 Å². The van der Waals surface area contributed by atoms with Gasteiger partial charge in [0.05, 0.1) is 5.56 Å². The molecule has 3 rings (SSSR count). The highest BCUT2D eigenvalue weighted by Crippen LogP contribution is 2.27. The fraction of sp³-hybridized carbons (Fsp3) is 0.238. The maximum absolute atomic E-state index is 12.0. The minimum absolute atomic E-state index is 0.0108. The molecular weight excluding hydrogens is 346 g/mol. The van der Waals surface area contributed by atoms with E-state index < -0.39 is 18.4 Å². The summed E-state index contributed by atoms with van der Waals surface area (Å²) in [7, 11) is 2.06. The van der Waals surface area contributed by atoms with Crippen molar-refractivity contribution in [2.75, 3.05) is 25.1 Å². The predicted molar refractivity (Wildman–Crippen MR) is 102 cm³/mol. The number of esters is 1. The number of ketones is 1. The molecule has 0 fully saturated rings. The lowest BCUT2D eigenvalue weighted by atomic mass is 9.99. The summed E-state index contributed by atoms with van der Waals surface area (Å²) in [4.78, 5) is 26.1. The summed E-state index contributed by atoms with van der Waals surface area (Å²) in [5.74, 6) is -1.70. The van der Waals surface area contributed by atoms with Crippen LogP contribution in [0.15, 0.2) is 42.5 Å². The van der Waals surface area contributed by atoms with Gasteiger partial charge >= 0.3 is 5.97 Å². The van der Waals surface area contributed by atoms with Crippen molar-refractivity contribution in [2.24, 2.45) is 0 Å². The molecule has 2 N–H and O–H groups in total. The molecule has 0 aromatic heterocycles. The van der Waals surface area contributed by atoms with Crippen molar-refractivity contribution in [1.29, 1.82) is 0 Å². The van der Waals surface area contributed by atoms with Gasteiger partial charge in [-0.05, 0) is 54.3 Å². The molecule has 6 heteroatoms. The maximum Gasteiger partial charge on any atom is 0.331 e. The van der Waals surface area contributed by atoms with Gasteiger partial charge in [-0.3, -0.25) is 4.79 Å². The quantitative estimate of drug-likeness (QED) is 0.480. The van der Waals surface area contributed by atoms with Crippen LogP contribution < -0.4 is 4.90 Å². The number of phenolic OH excluding ortho intramolecular Hbond substituents is 2. The molecule has 27 heavy (non-hydrogen) atoms. The minimum atomic E-state index is -0.642. The summed E-state index contributed by atoms with van der Waals surface area (Å²) in [6.45, 7) is 0.551. The van der Waals surface area contributed by atoms with Crippen LogP contribution in [0.4, 0.5) is 5.69 Å². The number of phenols is 2. The van der Waals surface area contributed by atoms with Gasteiger partial charge in [-0.2, -0.15) is 0 Å². The van der Waals surface area contributed by atoms with Crippen LogP contribution in [0.5, 0.6) is 11.5 Å². The third kappa shape index (κ3) is 4.47. The number of hydrogen-bond acceptors (Lipinski definition) is 6. The van der Waals surface area contributed by atoms with Gasteiger partial charge in [0.2, 0.25) is 5.78 Å². The van der Waals surface area contributed by atoms with Gasteiger partial charge in [-0.25, -0.2) is 4.79 Å². The second kappa shape index (κ2) is 7.95. The SMILES string of the molecule is CN1CCCc2cc(/C=C/C(=O)OCC(=O)c3ccc(O)cc3O)ccc21. The first-order valence-electron chi connectivity index (χ1n) is 8.68. The number of Topliss-reactive ketones (excluding diaryl/α,β-unsaturated/α-hetero) is 1. The summed E-state index contributed by atoms with van der Waals surface area (Å²) in [5, 5.41) is 18.9. The lowest BCUT2D eigenvalue weighted by molar-refractivity contribution is -0.136. The highest BCUT2D eigenvalue weighted by atomic mass is 16.5. The predicted octanol–water partition coefficient (Wildman–Crippen LogP) is 2.92. The fourth-order valence-corrected chi connectivity index (χ4v) is 3.09. The zero-order chi connectivity index (χ0) is 19.4. The van der Waals surface area contributed by atoms with E-state index in [1.165, 1.54) is 29.5 Å². The first-order valence-corrected chi connectivity index (χ1v) is 8.68. The van der Waals surface area contributed by atoms with Crippen molar-refractivity contribution in [3.63, 3.8) is 0 Å². The molecule has 0 saturated carbocycles. The number of benzene rings is 2. The molecule has 1 aliphatic heterocycles. The highest BCUT2D eigenvalue weighted by Gasteiger charge is 2.14. The van der Waals surface area contributed by atoms with E-state index in [9.17, 15) is 19.8 Å². The maximum atomic E-state index is 12.0. The smallest absolute Gasteiger partial charge is 0.331 e. The molecule has 6 nitrogen and oxygen atoms in total. The molecule has 0 unspecified atom stereocenters. The Morgan fingerprint density at radius 2 is 2.00 bits per heavy atom. The van der Waals surface area contributed by atoms with Gasteiger partial charge < -0.3 is 19.8 Å². The molecule has 0 amide bonds. The number of rotatable bonds is 5. The van der Waals surface area contributed by atoms with E-state index in [1.807, 2.05) is 12.1 Å². The van der Waals surface area contributed by atoms with Crippen molar-refractivity contribution in [1.82, 2.24) is 0 Å². The summed E-state index contributed by atoms with van der Waals surface area (Å²) in [6.07, 6.45) is 5.04. The standard InChI is InChI=1S/C21H21NO5/c1-22-10-2-3-15-11-14(4-8-18(15)22)5-9-21(26)27-13-20(25)17-7-6-16(23)12-19(17)24/h4-9,11-12,23-24H,2-3,10,13H2,1H3/b9-5+. The Hall–Kier alpha value is -3.28. The Bertz CT molecular complexity index is 903. The molecule has 0 aliphatic carbocycles. The van der Waals surface area contributed by atoms with Crippen LogP contribution in [-0.4, -0.2) is 42.2 Å². The highest BCUT2D eigenvalue weighted by molar-refractivity contribution is 6.01. The largest absolute Gasteiger partial charge is 0.508 e. The summed E-state index contributed by atoms with van der Waals surface area (Å²) in [5.41, 5.74) is 3.34. The monoisotopic (exact) mass is 367 g/mol. The molecule has 0 bridgehead atoms. The molecule has 0 saturated heterocycles. The van der Waals surface area contributed by atoms with E-state index >= 15 is 0 Å². The van der Waals surface area contributed by atoms with Crippen LogP contribution in [0.2, 0.25) is 0 Å². The van der Waals surface area contributed by atoms with E-state index in [1.54, 1.807) is 6.08 Å². The van der Waals surface area contributed by atoms with E-state index in [2.05, 4.69) is 18.0 Å². The first-order chi connectivity index (χ1) is 12.9. The number of anilines is 1. The van der Waals surface area contributed by atoms with E-state index in [4.69, 9.17) is 4.74 Å². The minimum Gasteiger partial charge on any atom is -0.508 e. The third-order valence-electron chi connectivity index (χ3n) is 4.49. The van der Waals surface area contributed by atoms with Gasteiger partial charge in [0.15, 0.2) is 6.61 Å².